The SMILES string of the molecule is COC(=O)Cc1c(Br)ccc(F)c1N. The van der Waals surface area contributed by atoms with Crippen molar-refractivity contribution in [3.8, 4) is 0 Å². The number of rotatable bonds is 2. The minimum absolute atomic E-state index is 0.0234. The summed E-state index contributed by atoms with van der Waals surface area (Å²) >= 11 is 3.18. The number of nitrogens with two attached hydrogens (primary N) is 1. The van der Waals surface area contributed by atoms with Crippen LogP contribution in [0.15, 0.2) is 16.6 Å². The number of hydrogen-bond acceptors (Lipinski definition) is 3. The van der Waals surface area contributed by atoms with Crippen molar-refractivity contribution >= 4 is 27.6 Å². The van der Waals surface area contributed by atoms with Crippen molar-refractivity contribution in [2.45, 2.75) is 6.42 Å². The Morgan fingerprint density at radius 1 is 1.64 bits per heavy atom. The molecule has 0 saturated carbocycles. The highest BCUT2D eigenvalue weighted by Gasteiger charge is 2.13. The van der Waals surface area contributed by atoms with Crippen molar-refractivity contribution in [1.82, 2.24) is 0 Å². The first kappa shape index (κ1) is 11.0. The lowest BCUT2D eigenvalue weighted by atomic mass is 10.1. The third-order valence-corrected chi connectivity index (χ3v) is 2.54. The molecule has 0 aliphatic carbocycles. The minimum atomic E-state index is -0.535. The number of anilines is 1. The van der Waals surface area contributed by atoms with E-state index in [1.807, 2.05) is 0 Å². The van der Waals surface area contributed by atoms with Crippen LogP contribution in [-0.2, 0) is 16.0 Å². The predicted octanol–water partition coefficient (Wildman–Crippen LogP) is 1.89. The summed E-state index contributed by atoms with van der Waals surface area (Å²) in [4.78, 5) is 11.0. The number of carbonyl (C=O) groups is 1. The first-order chi connectivity index (χ1) is 6.56. The smallest absolute Gasteiger partial charge is 0.310 e. The number of benzene rings is 1. The maximum absolute atomic E-state index is 13.0. The van der Waals surface area contributed by atoms with E-state index in [1.165, 1.54) is 19.2 Å². The molecule has 0 fully saturated rings. The van der Waals surface area contributed by atoms with Crippen molar-refractivity contribution in [2.75, 3.05) is 12.8 Å². The Hall–Kier alpha value is -1.10. The van der Waals surface area contributed by atoms with E-state index < -0.39 is 11.8 Å². The highest BCUT2D eigenvalue weighted by atomic mass is 79.9. The number of nitrogen functional groups attached to an aromatic ring is 1. The second kappa shape index (κ2) is 4.41. The van der Waals surface area contributed by atoms with E-state index in [2.05, 4.69) is 20.7 Å². The van der Waals surface area contributed by atoms with Crippen LogP contribution in [0.3, 0.4) is 0 Å². The average Bonchev–Trinajstić information content (AvgIpc) is 2.18. The largest absolute Gasteiger partial charge is 0.469 e. The van der Waals surface area contributed by atoms with Gasteiger partial charge >= 0.3 is 5.97 Å². The van der Waals surface area contributed by atoms with Crippen molar-refractivity contribution < 1.29 is 13.9 Å². The molecule has 14 heavy (non-hydrogen) atoms. The van der Waals surface area contributed by atoms with Gasteiger partial charge in [0, 0.05) is 10.0 Å². The number of ether oxygens (including phenoxy) is 1. The van der Waals surface area contributed by atoms with Crippen molar-refractivity contribution in [3.05, 3.63) is 28.0 Å². The number of hydrogen-bond donors (Lipinski definition) is 1. The van der Waals surface area contributed by atoms with E-state index in [4.69, 9.17) is 5.73 Å². The lowest BCUT2D eigenvalue weighted by Gasteiger charge is -2.07. The molecule has 0 heterocycles. The van der Waals surface area contributed by atoms with Crippen LogP contribution in [0.25, 0.3) is 0 Å². The Morgan fingerprint density at radius 2 is 2.29 bits per heavy atom. The Bertz CT molecular complexity index is 368. The summed E-state index contributed by atoms with van der Waals surface area (Å²) in [6, 6.07) is 2.74. The topological polar surface area (TPSA) is 52.3 Å². The van der Waals surface area contributed by atoms with Gasteiger partial charge in [0.1, 0.15) is 5.82 Å². The summed E-state index contributed by atoms with van der Waals surface area (Å²) in [5.41, 5.74) is 5.86. The Morgan fingerprint density at radius 3 is 2.86 bits per heavy atom. The van der Waals surface area contributed by atoms with E-state index in [9.17, 15) is 9.18 Å². The summed E-state index contributed by atoms with van der Waals surface area (Å²) in [6.45, 7) is 0. The second-order valence-corrected chi connectivity index (χ2v) is 3.53. The van der Waals surface area contributed by atoms with Crippen LogP contribution in [0.4, 0.5) is 10.1 Å². The number of carbonyl (C=O) groups excluding carboxylic acids is 1. The van der Waals surface area contributed by atoms with E-state index in [1.54, 1.807) is 0 Å². The number of halogens is 2. The van der Waals surface area contributed by atoms with Gasteiger partial charge < -0.3 is 10.5 Å². The van der Waals surface area contributed by atoms with Gasteiger partial charge in [-0.2, -0.15) is 0 Å². The van der Waals surface area contributed by atoms with Crippen molar-refractivity contribution in [1.29, 1.82) is 0 Å². The van der Waals surface area contributed by atoms with Crippen LogP contribution in [0.5, 0.6) is 0 Å². The van der Waals surface area contributed by atoms with Crippen molar-refractivity contribution in [2.24, 2.45) is 0 Å². The van der Waals surface area contributed by atoms with Gasteiger partial charge in [-0.05, 0) is 12.1 Å². The maximum Gasteiger partial charge on any atom is 0.310 e. The zero-order chi connectivity index (χ0) is 10.7. The van der Waals surface area contributed by atoms with E-state index in [0.717, 1.165) is 0 Å². The van der Waals surface area contributed by atoms with Gasteiger partial charge in [0.05, 0.1) is 19.2 Å². The Balaban J connectivity index is 3.06. The summed E-state index contributed by atoms with van der Waals surface area (Å²) in [7, 11) is 1.27. The molecular weight excluding hydrogens is 253 g/mol. The first-order valence-corrected chi connectivity index (χ1v) is 4.64. The standard InChI is InChI=1S/C9H9BrFNO2/c1-14-8(13)4-5-6(10)2-3-7(11)9(5)12/h2-3H,4,12H2,1H3. The van der Waals surface area contributed by atoms with Crippen molar-refractivity contribution in [3.63, 3.8) is 0 Å². The van der Waals surface area contributed by atoms with Gasteiger partial charge in [0.2, 0.25) is 0 Å². The van der Waals surface area contributed by atoms with Crippen LogP contribution in [-0.4, -0.2) is 13.1 Å². The fourth-order valence-corrected chi connectivity index (χ4v) is 1.49. The molecule has 0 amide bonds. The van der Waals surface area contributed by atoms with Crippen LogP contribution in [0.1, 0.15) is 5.56 Å². The molecule has 1 rings (SSSR count). The summed E-state index contributed by atoms with van der Waals surface area (Å²) < 4.78 is 18.1. The van der Waals surface area contributed by atoms with Gasteiger partial charge in [0.15, 0.2) is 0 Å². The summed E-state index contributed by atoms with van der Waals surface area (Å²) in [6.07, 6.45) is -0.0410. The molecule has 2 N–H and O–H groups in total. The van der Waals surface area contributed by atoms with E-state index in [-0.39, 0.29) is 12.1 Å². The molecule has 1 aromatic carbocycles. The summed E-state index contributed by atoms with van der Waals surface area (Å²) in [5, 5.41) is 0. The molecule has 76 valence electrons. The lowest BCUT2D eigenvalue weighted by Crippen LogP contribution is -2.08. The molecule has 0 atom stereocenters. The van der Waals surface area contributed by atoms with Gasteiger partial charge in [0.25, 0.3) is 0 Å². The molecule has 3 nitrogen and oxygen atoms in total. The lowest BCUT2D eigenvalue weighted by molar-refractivity contribution is -0.139. The molecule has 0 aromatic heterocycles. The van der Waals surface area contributed by atoms with Crippen LogP contribution < -0.4 is 5.73 Å². The molecule has 0 aliphatic heterocycles. The molecule has 5 heteroatoms. The van der Waals surface area contributed by atoms with Gasteiger partial charge in [-0.3, -0.25) is 4.79 Å². The molecule has 0 aliphatic rings. The van der Waals surface area contributed by atoms with Crippen LogP contribution >= 0.6 is 15.9 Å². The number of esters is 1. The van der Waals surface area contributed by atoms with Gasteiger partial charge in [-0.15, -0.1) is 0 Å². The van der Waals surface area contributed by atoms with E-state index >= 15 is 0 Å². The monoisotopic (exact) mass is 261 g/mol. The predicted molar refractivity (Wildman–Crippen MR) is 54.2 cm³/mol. The highest BCUT2D eigenvalue weighted by Crippen LogP contribution is 2.25. The maximum atomic E-state index is 13.0. The normalized spacial score (nSPS) is 9.93. The molecule has 0 radical (unpaired) electrons. The quantitative estimate of drug-likeness (QED) is 0.654. The summed E-state index contributed by atoms with van der Waals surface area (Å²) in [5.74, 6) is -0.991. The van der Waals surface area contributed by atoms with Crippen LogP contribution in [0, 0.1) is 5.82 Å². The molecule has 1 aromatic rings. The Kier molecular flexibility index (Phi) is 3.46. The Labute approximate surface area is 89.2 Å². The zero-order valence-electron chi connectivity index (χ0n) is 7.51. The number of methoxy groups -OCH3 is 1. The van der Waals surface area contributed by atoms with Gasteiger partial charge in [-0.25, -0.2) is 4.39 Å². The third-order valence-electron chi connectivity index (χ3n) is 1.80. The van der Waals surface area contributed by atoms with E-state index in [0.29, 0.717) is 10.0 Å². The molecule has 0 spiro atoms. The van der Waals surface area contributed by atoms with Gasteiger partial charge in [-0.1, -0.05) is 15.9 Å². The van der Waals surface area contributed by atoms with Crippen LogP contribution in [0.2, 0.25) is 0 Å². The fourth-order valence-electron chi connectivity index (χ4n) is 1.01. The highest BCUT2D eigenvalue weighted by molar-refractivity contribution is 9.10. The molecule has 0 saturated heterocycles. The molecule has 0 bridgehead atoms. The molecular formula is C9H9BrFNO2. The average molecular weight is 262 g/mol. The minimum Gasteiger partial charge on any atom is -0.469 e. The first-order valence-electron chi connectivity index (χ1n) is 3.85. The fraction of sp³-hybridized carbons (Fsp3) is 0.222. The molecule has 0 unspecified atom stereocenters. The second-order valence-electron chi connectivity index (χ2n) is 2.67. The zero-order valence-corrected chi connectivity index (χ0v) is 9.10. The third kappa shape index (κ3) is 2.23.